The van der Waals surface area contributed by atoms with Crippen molar-refractivity contribution < 1.29 is 41.4 Å². The summed E-state index contributed by atoms with van der Waals surface area (Å²) < 4.78 is 60.2. The predicted molar refractivity (Wildman–Crippen MR) is 168 cm³/mol. The summed E-state index contributed by atoms with van der Waals surface area (Å²) in [6.45, 7) is 1.92. The minimum absolute atomic E-state index is 0.0286. The summed E-state index contributed by atoms with van der Waals surface area (Å²) in [5, 5.41) is 0.854. The second-order valence-electron chi connectivity index (χ2n) is 10.2. The molecule has 0 spiro atoms. The number of carbonyl (C=O) groups is 2. The quantitative estimate of drug-likeness (QED) is 0.180. The zero-order valence-electron chi connectivity index (χ0n) is 24.8. The normalized spacial score (nSPS) is 12.9. The van der Waals surface area contributed by atoms with Gasteiger partial charge < -0.3 is 14.2 Å². The molecule has 2 N–H and O–H groups in total. The minimum atomic E-state index is -4.29. The first-order valence-electron chi connectivity index (χ1n) is 14.4. The number of hydrogen-bond donors (Lipinski definition) is 2. The smallest absolute Gasteiger partial charge is 0.279 e. The molecule has 0 aromatic heterocycles. The van der Waals surface area contributed by atoms with Gasteiger partial charge in [-0.3, -0.25) is 14.4 Å². The van der Waals surface area contributed by atoms with Gasteiger partial charge in [0.1, 0.15) is 0 Å². The van der Waals surface area contributed by atoms with Crippen molar-refractivity contribution in [2.45, 2.75) is 32.5 Å². The molecule has 0 bridgehead atoms. The van der Waals surface area contributed by atoms with Crippen LogP contribution in [0.4, 0.5) is 4.39 Å². The van der Waals surface area contributed by atoms with Crippen LogP contribution in [0.5, 0.6) is 17.2 Å². The van der Waals surface area contributed by atoms with Gasteiger partial charge in [-0.15, -0.1) is 0 Å². The number of fused-ring (bicyclic) bond motifs is 1. The number of sulfonamides is 1. The molecule has 10 nitrogen and oxygen atoms in total. The van der Waals surface area contributed by atoms with Crippen molar-refractivity contribution in [3.05, 3.63) is 130 Å². The molecule has 1 aliphatic rings. The third-order valence-corrected chi connectivity index (χ3v) is 7.78. The SMILES string of the molecule is CCCc1cc(C(=O)NOCc2ccccc2)cc(F)c1OC(C(=O)NS(=O)(=O)/C=C/c1ccccc1)c1ccc2c(c1)OCO2. The van der Waals surface area contributed by atoms with Gasteiger partial charge in [0, 0.05) is 11.1 Å². The molecule has 2 amide bonds. The largest absolute Gasteiger partial charge is 0.472 e. The van der Waals surface area contributed by atoms with Gasteiger partial charge in [-0.25, -0.2) is 23.0 Å². The van der Waals surface area contributed by atoms with Gasteiger partial charge in [0.15, 0.2) is 23.1 Å². The van der Waals surface area contributed by atoms with E-state index in [0.717, 1.165) is 17.0 Å². The number of benzene rings is 4. The number of nitrogens with one attached hydrogen (secondary N) is 2. The zero-order valence-corrected chi connectivity index (χ0v) is 25.6. The van der Waals surface area contributed by atoms with Gasteiger partial charge in [-0.05, 0) is 53.5 Å². The molecule has 0 saturated carbocycles. The van der Waals surface area contributed by atoms with Gasteiger partial charge in [0.25, 0.3) is 21.8 Å². The van der Waals surface area contributed by atoms with E-state index in [-0.39, 0.29) is 36.7 Å². The van der Waals surface area contributed by atoms with Crippen LogP contribution in [0.3, 0.4) is 0 Å². The van der Waals surface area contributed by atoms with Crippen LogP contribution in [0.1, 0.15) is 52.1 Å². The highest BCUT2D eigenvalue weighted by Crippen LogP contribution is 2.37. The van der Waals surface area contributed by atoms with Crippen LogP contribution in [0.25, 0.3) is 6.08 Å². The number of hydrogen-bond acceptors (Lipinski definition) is 8. The van der Waals surface area contributed by atoms with Crippen molar-refractivity contribution in [2.24, 2.45) is 0 Å². The number of amides is 2. The second kappa shape index (κ2) is 14.7. The molecule has 0 fully saturated rings. The highest BCUT2D eigenvalue weighted by atomic mass is 32.2. The Balaban J connectivity index is 1.41. The maximum absolute atomic E-state index is 15.7. The second-order valence-corrected chi connectivity index (χ2v) is 11.8. The Bertz CT molecular complexity index is 1830. The standard InChI is InChI=1S/C34H31FN2O8S/c1-2-9-25-18-27(33(38)36-44-21-24-12-7-4-8-13-24)19-28(35)31(25)45-32(26-14-15-29-30(20-26)43-22-42-29)34(39)37-46(40,41)17-16-23-10-5-3-6-11-23/h3-8,10-20,32H,2,9,21-22H2,1H3,(H,36,38)(H,37,39)/b17-16+. The summed E-state index contributed by atoms with van der Waals surface area (Å²) in [5.74, 6) is -2.26. The fourth-order valence-electron chi connectivity index (χ4n) is 4.61. The Morgan fingerprint density at radius 3 is 2.41 bits per heavy atom. The molecule has 4 aromatic carbocycles. The van der Waals surface area contributed by atoms with Crippen molar-refractivity contribution in [1.29, 1.82) is 0 Å². The summed E-state index contributed by atoms with van der Waals surface area (Å²) in [7, 11) is -4.29. The first-order chi connectivity index (χ1) is 22.2. The Morgan fingerprint density at radius 2 is 1.67 bits per heavy atom. The molecule has 12 heteroatoms. The van der Waals surface area contributed by atoms with E-state index >= 15 is 4.39 Å². The average molecular weight is 647 g/mol. The van der Waals surface area contributed by atoms with E-state index < -0.39 is 33.8 Å². The monoisotopic (exact) mass is 646 g/mol. The maximum Gasteiger partial charge on any atom is 0.279 e. The minimum Gasteiger partial charge on any atom is -0.472 e. The van der Waals surface area contributed by atoms with Crippen LogP contribution < -0.4 is 24.4 Å². The maximum atomic E-state index is 15.7. The number of hydroxylamine groups is 1. The molecule has 1 atom stereocenters. The van der Waals surface area contributed by atoms with Crippen LogP contribution >= 0.6 is 0 Å². The van der Waals surface area contributed by atoms with Crippen LogP contribution in [-0.4, -0.2) is 27.0 Å². The Morgan fingerprint density at radius 1 is 0.957 bits per heavy atom. The highest BCUT2D eigenvalue weighted by Gasteiger charge is 2.30. The van der Waals surface area contributed by atoms with E-state index in [1.54, 1.807) is 30.3 Å². The summed E-state index contributed by atoms with van der Waals surface area (Å²) in [6, 6.07) is 24.7. The summed E-state index contributed by atoms with van der Waals surface area (Å²) in [5.41, 5.74) is 4.19. The Kier molecular flexibility index (Phi) is 10.3. The molecule has 1 aliphatic heterocycles. The van der Waals surface area contributed by atoms with Gasteiger partial charge in [0.2, 0.25) is 12.9 Å². The van der Waals surface area contributed by atoms with Gasteiger partial charge >= 0.3 is 0 Å². The summed E-state index contributed by atoms with van der Waals surface area (Å²) in [6.07, 6.45) is 0.531. The lowest BCUT2D eigenvalue weighted by Gasteiger charge is -2.22. The summed E-state index contributed by atoms with van der Waals surface area (Å²) >= 11 is 0. The van der Waals surface area contributed by atoms with Crippen LogP contribution in [0.2, 0.25) is 0 Å². The topological polar surface area (TPSA) is 129 Å². The summed E-state index contributed by atoms with van der Waals surface area (Å²) in [4.78, 5) is 31.7. The fourth-order valence-corrected chi connectivity index (χ4v) is 5.41. The average Bonchev–Trinajstić information content (AvgIpc) is 3.52. The van der Waals surface area contributed by atoms with E-state index in [9.17, 15) is 18.0 Å². The third-order valence-electron chi connectivity index (χ3n) is 6.80. The molecule has 0 aliphatic carbocycles. The van der Waals surface area contributed by atoms with Crippen molar-refractivity contribution in [2.75, 3.05) is 6.79 Å². The number of halogens is 1. The predicted octanol–water partition coefficient (Wildman–Crippen LogP) is 5.61. The van der Waals surface area contributed by atoms with Crippen molar-refractivity contribution in [3.63, 3.8) is 0 Å². The van der Waals surface area contributed by atoms with E-state index in [2.05, 4.69) is 5.48 Å². The number of aryl methyl sites for hydroxylation is 1. The molecular weight excluding hydrogens is 615 g/mol. The van der Waals surface area contributed by atoms with Crippen LogP contribution in [0, 0.1) is 5.82 Å². The lowest BCUT2D eigenvalue weighted by Crippen LogP contribution is -2.36. The molecule has 1 unspecified atom stereocenters. The number of rotatable bonds is 13. The third kappa shape index (κ3) is 8.29. The first-order valence-corrected chi connectivity index (χ1v) is 15.9. The van der Waals surface area contributed by atoms with Gasteiger partial charge in [-0.2, -0.15) is 0 Å². The molecule has 1 heterocycles. The van der Waals surface area contributed by atoms with Crippen LogP contribution in [0.15, 0.2) is 96.4 Å². The van der Waals surface area contributed by atoms with Gasteiger partial charge in [-0.1, -0.05) is 80.1 Å². The van der Waals surface area contributed by atoms with Crippen LogP contribution in [-0.2, 0) is 32.7 Å². The Labute approximate surface area is 265 Å². The lowest BCUT2D eigenvalue weighted by atomic mass is 10.0. The van der Waals surface area contributed by atoms with Crippen molar-refractivity contribution in [3.8, 4) is 17.2 Å². The molecule has 238 valence electrons. The van der Waals surface area contributed by atoms with E-state index in [1.165, 1.54) is 30.3 Å². The molecule has 0 saturated heterocycles. The number of carbonyl (C=O) groups excluding carboxylic acids is 2. The molecule has 0 radical (unpaired) electrons. The molecule has 5 rings (SSSR count). The van der Waals surface area contributed by atoms with E-state index in [0.29, 0.717) is 29.0 Å². The lowest BCUT2D eigenvalue weighted by molar-refractivity contribution is -0.126. The zero-order chi connectivity index (χ0) is 32.5. The highest BCUT2D eigenvalue weighted by molar-refractivity contribution is 7.93. The number of ether oxygens (including phenoxy) is 3. The van der Waals surface area contributed by atoms with E-state index in [4.69, 9.17) is 19.0 Å². The first kappa shape index (κ1) is 32.2. The molecule has 4 aromatic rings. The Hall–Kier alpha value is -5.20. The van der Waals surface area contributed by atoms with E-state index in [1.807, 2.05) is 42.0 Å². The molecule has 46 heavy (non-hydrogen) atoms. The van der Waals surface area contributed by atoms with Gasteiger partial charge in [0.05, 0.1) is 12.0 Å². The van der Waals surface area contributed by atoms with Crippen molar-refractivity contribution >= 4 is 27.9 Å². The van der Waals surface area contributed by atoms with Crippen molar-refractivity contribution in [1.82, 2.24) is 10.2 Å². The molecular formula is C34H31FN2O8S. The fraction of sp³-hybridized carbons (Fsp3) is 0.176.